The van der Waals surface area contributed by atoms with Crippen LogP contribution in [-0.2, 0) is 4.79 Å². The highest BCUT2D eigenvalue weighted by Crippen LogP contribution is 2.20. The lowest BCUT2D eigenvalue weighted by atomic mass is 9.92. The molecule has 1 heterocycles. The zero-order chi connectivity index (χ0) is 13.8. The summed E-state index contributed by atoms with van der Waals surface area (Å²) in [4.78, 5) is 12.2. The van der Waals surface area contributed by atoms with Crippen molar-refractivity contribution in [1.82, 2.24) is 10.6 Å². The molecule has 2 rings (SSSR count). The van der Waals surface area contributed by atoms with E-state index in [1.807, 2.05) is 31.2 Å². The van der Waals surface area contributed by atoms with Crippen molar-refractivity contribution in [2.45, 2.75) is 38.8 Å². The summed E-state index contributed by atoms with van der Waals surface area (Å²) in [6, 6.07) is 8.07. The lowest BCUT2D eigenvalue weighted by molar-refractivity contribution is -0.126. The van der Waals surface area contributed by atoms with Gasteiger partial charge in [-0.05, 0) is 50.9 Å². The molecule has 3 unspecified atom stereocenters. The van der Waals surface area contributed by atoms with Gasteiger partial charge in [0.25, 0.3) is 0 Å². The van der Waals surface area contributed by atoms with Crippen LogP contribution >= 0.6 is 11.6 Å². The van der Waals surface area contributed by atoms with Crippen LogP contribution in [0.3, 0.4) is 0 Å². The Kier molecular flexibility index (Phi) is 4.83. The first-order valence-corrected chi connectivity index (χ1v) is 7.23. The van der Waals surface area contributed by atoms with Gasteiger partial charge in [-0.15, -0.1) is 0 Å². The number of carbonyl (C=O) groups is 1. The fourth-order valence-electron chi connectivity index (χ4n) is 2.54. The molecular formula is C15H21ClN2O. The highest BCUT2D eigenvalue weighted by atomic mass is 35.5. The van der Waals surface area contributed by atoms with Gasteiger partial charge in [-0.3, -0.25) is 4.79 Å². The van der Waals surface area contributed by atoms with Crippen molar-refractivity contribution in [2.75, 3.05) is 6.54 Å². The van der Waals surface area contributed by atoms with Crippen molar-refractivity contribution < 1.29 is 4.79 Å². The van der Waals surface area contributed by atoms with E-state index in [4.69, 9.17) is 11.6 Å². The quantitative estimate of drug-likeness (QED) is 0.894. The van der Waals surface area contributed by atoms with Gasteiger partial charge in [-0.1, -0.05) is 23.7 Å². The topological polar surface area (TPSA) is 41.1 Å². The molecular weight excluding hydrogens is 260 g/mol. The number of hydrogen-bond donors (Lipinski definition) is 2. The molecule has 1 aliphatic heterocycles. The molecule has 4 heteroatoms. The summed E-state index contributed by atoms with van der Waals surface area (Å²) in [5.41, 5.74) is 1.08. The van der Waals surface area contributed by atoms with Crippen molar-refractivity contribution in [1.29, 1.82) is 0 Å². The number of piperidine rings is 1. The molecule has 19 heavy (non-hydrogen) atoms. The molecule has 2 N–H and O–H groups in total. The number of carbonyl (C=O) groups excluding carboxylic acids is 1. The molecule has 3 nitrogen and oxygen atoms in total. The molecule has 0 radical (unpaired) electrons. The zero-order valence-electron chi connectivity index (χ0n) is 11.4. The van der Waals surface area contributed by atoms with Crippen LogP contribution < -0.4 is 10.6 Å². The van der Waals surface area contributed by atoms with E-state index in [1.165, 1.54) is 0 Å². The highest BCUT2D eigenvalue weighted by molar-refractivity contribution is 6.30. The molecule has 0 saturated carbocycles. The Morgan fingerprint density at radius 1 is 1.42 bits per heavy atom. The lowest BCUT2D eigenvalue weighted by Crippen LogP contribution is -2.42. The molecule has 104 valence electrons. The second kappa shape index (κ2) is 6.40. The largest absolute Gasteiger partial charge is 0.349 e. The van der Waals surface area contributed by atoms with Crippen molar-refractivity contribution in [2.24, 2.45) is 5.92 Å². The van der Waals surface area contributed by atoms with Crippen LogP contribution in [0.15, 0.2) is 24.3 Å². The summed E-state index contributed by atoms with van der Waals surface area (Å²) >= 11 is 5.87. The first kappa shape index (κ1) is 14.4. The predicted molar refractivity (Wildman–Crippen MR) is 78.2 cm³/mol. The standard InChI is InChI=1S/C15H21ClN2O/c1-10-9-13(7-8-17-10)15(19)18-11(2)12-3-5-14(16)6-4-12/h3-6,10-11,13,17H,7-9H2,1-2H3,(H,18,19). The van der Waals surface area contributed by atoms with Crippen molar-refractivity contribution in [3.63, 3.8) is 0 Å². The van der Waals surface area contributed by atoms with Crippen molar-refractivity contribution in [3.8, 4) is 0 Å². The second-order valence-electron chi connectivity index (χ2n) is 5.36. The van der Waals surface area contributed by atoms with E-state index in [0.29, 0.717) is 6.04 Å². The Hall–Kier alpha value is -1.06. The van der Waals surface area contributed by atoms with Gasteiger partial charge in [-0.2, -0.15) is 0 Å². The fraction of sp³-hybridized carbons (Fsp3) is 0.533. The van der Waals surface area contributed by atoms with Crippen LogP contribution in [0.5, 0.6) is 0 Å². The number of nitrogens with one attached hydrogen (secondary N) is 2. The summed E-state index contributed by atoms with van der Waals surface area (Å²) in [7, 11) is 0. The molecule has 1 aromatic carbocycles. The van der Waals surface area contributed by atoms with E-state index >= 15 is 0 Å². The second-order valence-corrected chi connectivity index (χ2v) is 5.79. The van der Waals surface area contributed by atoms with Crippen LogP contribution in [0.25, 0.3) is 0 Å². The van der Waals surface area contributed by atoms with Gasteiger partial charge in [-0.25, -0.2) is 0 Å². The van der Waals surface area contributed by atoms with E-state index < -0.39 is 0 Å². The number of amides is 1. The molecule has 1 amide bonds. The maximum atomic E-state index is 12.2. The maximum absolute atomic E-state index is 12.2. The Bertz CT molecular complexity index is 432. The van der Waals surface area contributed by atoms with Gasteiger partial charge in [0.15, 0.2) is 0 Å². The molecule has 1 fully saturated rings. The number of benzene rings is 1. The lowest BCUT2D eigenvalue weighted by Gasteiger charge is -2.28. The third kappa shape index (κ3) is 3.95. The number of rotatable bonds is 3. The predicted octanol–water partition coefficient (Wildman–Crippen LogP) is 2.91. The van der Waals surface area contributed by atoms with E-state index in [2.05, 4.69) is 17.6 Å². The molecule has 0 spiro atoms. The molecule has 0 aromatic heterocycles. The molecule has 0 aliphatic carbocycles. The van der Waals surface area contributed by atoms with Crippen molar-refractivity contribution in [3.05, 3.63) is 34.9 Å². The Morgan fingerprint density at radius 3 is 2.74 bits per heavy atom. The summed E-state index contributed by atoms with van der Waals surface area (Å²) in [6.07, 6.45) is 1.84. The Morgan fingerprint density at radius 2 is 2.11 bits per heavy atom. The van der Waals surface area contributed by atoms with Gasteiger partial charge in [0.05, 0.1) is 6.04 Å². The van der Waals surface area contributed by atoms with Gasteiger partial charge >= 0.3 is 0 Å². The molecule has 0 bridgehead atoms. The van der Waals surface area contributed by atoms with Crippen molar-refractivity contribution >= 4 is 17.5 Å². The van der Waals surface area contributed by atoms with E-state index in [-0.39, 0.29) is 17.9 Å². The molecule has 1 aromatic rings. The van der Waals surface area contributed by atoms with Gasteiger partial charge in [0.1, 0.15) is 0 Å². The smallest absolute Gasteiger partial charge is 0.223 e. The van der Waals surface area contributed by atoms with Crippen LogP contribution in [0.4, 0.5) is 0 Å². The minimum absolute atomic E-state index is 0.0231. The van der Waals surface area contributed by atoms with E-state index in [0.717, 1.165) is 30.0 Å². The first-order chi connectivity index (χ1) is 9.06. The summed E-state index contributed by atoms with van der Waals surface area (Å²) in [5, 5.41) is 7.18. The maximum Gasteiger partial charge on any atom is 0.223 e. The normalized spacial score (nSPS) is 24.8. The summed E-state index contributed by atoms with van der Waals surface area (Å²) in [5.74, 6) is 0.293. The summed E-state index contributed by atoms with van der Waals surface area (Å²) in [6.45, 7) is 5.06. The van der Waals surface area contributed by atoms with Crippen LogP contribution in [0, 0.1) is 5.92 Å². The average Bonchev–Trinajstić information content (AvgIpc) is 2.39. The monoisotopic (exact) mass is 280 g/mol. The Balaban J connectivity index is 1.92. The average molecular weight is 281 g/mol. The number of hydrogen-bond acceptors (Lipinski definition) is 2. The zero-order valence-corrected chi connectivity index (χ0v) is 12.2. The van der Waals surface area contributed by atoms with Crippen LogP contribution in [-0.4, -0.2) is 18.5 Å². The first-order valence-electron chi connectivity index (χ1n) is 6.85. The van der Waals surface area contributed by atoms with Gasteiger partial charge in [0, 0.05) is 17.0 Å². The van der Waals surface area contributed by atoms with E-state index in [9.17, 15) is 4.79 Å². The SMILES string of the molecule is CC1CC(C(=O)NC(C)c2ccc(Cl)cc2)CCN1. The van der Waals surface area contributed by atoms with E-state index in [1.54, 1.807) is 0 Å². The van der Waals surface area contributed by atoms with Gasteiger partial charge in [0.2, 0.25) is 5.91 Å². The minimum atomic E-state index is 0.0231. The van der Waals surface area contributed by atoms with Crippen LogP contribution in [0.2, 0.25) is 5.02 Å². The molecule has 1 saturated heterocycles. The highest BCUT2D eigenvalue weighted by Gasteiger charge is 2.25. The fourth-order valence-corrected chi connectivity index (χ4v) is 2.66. The number of halogens is 1. The van der Waals surface area contributed by atoms with Crippen LogP contribution in [0.1, 0.15) is 38.3 Å². The minimum Gasteiger partial charge on any atom is -0.349 e. The molecule has 1 aliphatic rings. The summed E-state index contributed by atoms with van der Waals surface area (Å²) < 4.78 is 0. The Labute approximate surface area is 119 Å². The molecule has 3 atom stereocenters. The van der Waals surface area contributed by atoms with Gasteiger partial charge < -0.3 is 10.6 Å². The third-order valence-corrected chi connectivity index (χ3v) is 3.98. The third-order valence-electron chi connectivity index (χ3n) is 3.72.